The van der Waals surface area contributed by atoms with Crippen LogP contribution >= 0.6 is 0 Å². The maximum Gasteiger partial charge on any atom is 0.271 e. The van der Waals surface area contributed by atoms with Crippen molar-refractivity contribution in [3.05, 3.63) is 53.9 Å². The van der Waals surface area contributed by atoms with E-state index in [0.717, 1.165) is 5.56 Å². The number of carbonyl (C=O) groups excluding carboxylic acids is 1. The molecule has 1 N–H and O–H groups in total. The first kappa shape index (κ1) is 12.9. The molecule has 0 saturated carbocycles. The second-order valence-corrected chi connectivity index (χ2v) is 4.04. The van der Waals surface area contributed by atoms with Crippen LogP contribution in [-0.2, 0) is 7.05 Å². The first-order valence-corrected chi connectivity index (χ1v) is 5.78. The number of aryl methyl sites for hydroxylation is 1. The van der Waals surface area contributed by atoms with Gasteiger partial charge in [-0.25, -0.2) is 5.43 Å². The van der Waals surface area contributed by atoms with Crippen LogP contribution in [0.1, 0.15) is 15.9 Å². The van der Waals surface area contributed by atoms with E-state index in [1.54, 1.807) is 37.6 Å². The minimum Gasteiger partial charge on any atom is -0.497 e. The van der Waals surface area contributed by atoms with Crippen LogP contribution in [0, 0.1) is 0 Å². The summed E-state index contributed by atoms with van der Waals surface area (Å²) in [7, 11) is 3.48. The highest BCUT2D eigenvalue weighted by Crippen LogP contribution is 2.12. The van der Waals surface area contributed by atoms with Crippen molar-refractivity contribution >= 4 is 12.1 Å². The monoisotopic (exact) mass is 257 g/mol. The molecule has 1 aromatic heterocycles. The quantitative estimate of drug-likeness (QED) is 0.670. The van der Waals surface area contributed by atoms with Gasteiger partial charge in [0.05, 0.1) is 13.3 Å². The van der Waals surface area contributed by atoms with Gasteiger partial charge in [0.1, 0.15) is 5.75 Å². The van der Waals surface area contributed by atoms with Crippen molar-refractivity contribution in [1.29, 1.82) is 0 Å². The smallest absolute Gasteiger partial charge is 0.271 e. The van der Waals surface area contributed by atoms with Crippen molar-refractivity contribution in [3.8, 4) is 5.75 Å². The van der Waals surface area contributed by atoms with Gasteiger partial charge in [0.15, 0.2) is 0 Å². The summed E-state index contributed by atoms with van der Waals surface area (Å²) in [5.74, 6) is 0.366. The van der Waals surface area contributed by atoms with Gasteiger partial charge in [0, 0.05) is 30.6 Å². The number of methoxy groups -OCH3 is 1. The van der Waals surface area contributed by atoms with E-state index in [1.165, 1.54) is 0 Å². The van der Waals surface area contributed by atoms with Gasteiger partial charge in [0.25, 0.3) is 5.91 Å². The highest BCUT2D eigenvalue weighted by molar-refractivity contribution is 5.95. The molecule has 98 valence electrons. The number of hydrazone groups is 1. The zero-order chi connectivity index (χ0) is 13.7. The van der Waals surface area contributed by atoms with Crippen molar-refractivity contribution in [3.63, 3.8) is 0 Å². The summed E-state index contributed by atoms with van der Waals surface area (Å²) in [6.45, 7) is 0. The van der Waals surface area contributed by atoms with E-state index in [0.29, 0.717) is 11.3 Å². The Kier molecular flexibility index (Phi) is 3.97. The molecule has 1 amide bonds. The van der Waals surface area contributed by atoms with Crippen molar-refractivity contribution in [2.24, 2.45) is 12.1 Å². The van der Waals surface area contributed by atoms with Gasteiger partial charge in [-0.05, 0) is 24.3 Å². The van der Waals surface area contributed by atoms with E-state index < -0.39 is 0 Å². The number of hydrogen-bond acceptors (Lipinski definition) is 3. The zero-order valence-corrected chi connectivity index (χ0v) is 10.8. The van der Waals surface area contributed by atoms with Gasteiger partial charge in [0.2, 0.25) is 0 Å². The van der Waals surface area contributed by atoms with Crippen LogP contribution in [0.15, 0.2) is 47.8 Å². The molecule has 0 aliphatic carbocycles. The number of carbonyl (C=O) groups is 1. The third-order valence-electron chi connectivity index (χ3n) is 2.57. The molecule has 0 saturated heterocycles. The van der Waals surface area contributed by atoms with Crippen LogP contribution in [0.3, 0.4) is 0 Å². The molecule has 0 fully saturated rings. The molecule has 0 atom stereocenters. The van der Waals surface area contributed by atoms with Crippen molar-refractivity contribution < 1.29 is 9.53 Å². The van der Waals surface area contributed by atoms with Crippen LogP contribution in [-0.4, -0.2) is 23.8 Å². The Balaban J connectivity index is 1.99. The SMILES string of the molecule is COc1cccc(C(=O)N/N=C\c2ccn(C)c2)c1. The molecule has 5 nitrogen and oxygen atoms in total. The lowest BCUT2D eigenvalue weighted by Gasteiger charge is -2.02. The Morgan fingerprint density at radius 1 is 1.42 bits per heavy atom. The summed E-state index contributed by atoms with van der Waals surface area (Å²) >= 11 is 0. The highest BCUT2D eigenvalue weighted by atomic mass is 16.5. The number of benzene rings is 1. The number of ether oxygens (including phenoxy) is 1. The topological polar surface area (TPSA) is 55.6 Å². The summed E-state index contributed by atoms with van der Waals surface area (Å²) < 4.78 is 6.97. The van der Waals surface area contributed by atoms with E-state index in [2.05, 4.69) is 10.5 Å². The minimum atomic E-state index is -0.272. The number of nitrogens with zero attached hydrogens (tertiary/aromatic N) is 2. The lowest BCUT2D eigenvalue weighted by Crippen LogP contribution is -2.17. The summed E-state index contributed by atoms with van der Waals surface area (Å²) in [6.07, 6.45) is 5.41. The number of rotatable bonds is 4. The van der Waals surface area contributed by atoms with E-state index in [1.807, 2.05) is 30.1 Å². The Bertz CT molecular complexity index is 602. The summed E-state index contributed by atoms with van der Waals surface area (Å²) in [6, 6.07) is 8.81. The maximum absolute atomic E-state index is 11.8. The molecule has 2 aromatic rings. The highest BCUT2D eigenvalue weighted by Gasteiger charge is 2.04. The van der Waals surface area contributed by atoms with E-state index in [-0.39, 0.29) is 5.91 Å². The lowest BCUT2D eigenvalue weighted by molar-refractivity contribution is 0.0955. The van der Waals surface area contributed by atoms with Gasteiger partial charge >= 0.3 is 0 Å². The number of hydrogen-bond donors (Lipinski definition) is 1. The molecule has 1 heterocycles. The average Bonchev–Trinajstić information content (AvgIpc) is 2.84. The summed E-state index contributed by atoms with van der Waals surface area (Å²) in [5.41, 5.74) is 3.90. The maximum atomic E-state index is 11.8. The number of nitrogens with one attached hydrogen (secondary N) is 1. The number of aromatic nitrogens is 1. The Labute approximate surface area is 111 Å². The largest absolute Gasteiger partial charge is 0.497 e. The van der Waals surface area contributed by atoms with Gasteiger partial charge < -0.3 is 9.30 Å². The average molecular weight is 257 g/mol. The van der Waals surface area contributed by atoms with Crippen molar-refractivity contribution in [2.75, 3.05) is 7.11 Å². The molecule has 1 aromatic carbocycles. The molecular weight excluding hydrogens is 242 g/mol. The standard InChI is InChI=1S/C14H15N3O2/c1-17-7-6-11(10-17)9-15-16-14(18)12-4-3-5-13(8-12)19-2/h3-10H,1-2H3,(H,16,18)/b15-9-. The molecular formula is C14H15N3O2. The van der Waals surface area contributed by atoms with Crippen LogP contribution in [0.5, 0.6) is 5.75 Å². The van der Waals surface area contributed by atoms with E-state index in [4.69, 9.17) is 4.74 Å². The molecule has 0 aliphatic heterocycles. The second kappa shape index (κ2) is 5.86. The molecule has 0 aliphatic rings. The van der Waals surface area contributed by atoms with Crippen LogP contribution in [0.2, 0.25) is 0 Å². The molecule has 2 rings (SSSR count). The van der Waals surface area contributed by atoms with Gasteiger partial charge in [-0.15, -0.1) is 0 Å². The predicted molar refractivity (Wildman–Crippen MR) is 73.5 cm³/mol. The number of amides is 1. The molecule has 0 bridgehead atoms. The predicted octanol–water partition coefficient (Wildman–Crippen LogP) is 1.80. The van der Waals surface area contributed by atoms with Crippen LogP contribution in [0.4, 0.5) is 0 Å². The lowest BCUT2D eigenvalue weighted by atomic mass is 10.2. The molecule has 0 unspecified atom stereocenters. The van der Waals surface area contributed by atoms with E-state index >= 15 is 0 Å². The Morgan fingerprint density at radius 2 is 2.26 bits per heavy atom. The summed E-state index contributed by atoms with van der Waals surface area (Å²) in [4.78, 5) is 11.8. The van der Waals surface area contributed by atoms with Gasteiger partial charge in [-0.2, -0.15) is 5.10 Å². The van der Waals surface area contributed by atoms with Crippen LogP contribution in [0.25, 0.3) is 0 Å². The Hall–Kier alpha value is -2.56. The van der Waals surface area contributed by atoms with Gasteiger partial charge in [-0.1, -0.05) is 6.07 Å². The fraction of sp³-hybridized carbons (Fsp3) is 0.143. The normalized spacial score (nSPS) is 10.6. The van der Waals surface area contributed by atoms with Crippen LogP contribution < -0.4 is 10.2 Å². The zero-order valence-electron chi connectivity index (χ0n) is 10.8. The minimum absolute atomic E-state index is 0.272. The molecule has 0 radical (unpaired) electrons. The van der Waals surface area contributed by atoms with Gasteiger partial charge in [-0.3, -0.25) is 4.79 Å². The first-order valence-electron chi connectivity index (χ1n) is 5.78. The summed E-state index contributed by atoms with van der Waals surface area (Å²) in [5, 5.41) is 3.91. The fourth-order valence-electron chi connectivity index (χ4n) is 1.60. The molecule has 5 heteroatoms. The first-order chi connectivity index (χ1) is 9.19. The third-order valence-corrected chi connectivity index (χ3v) is 2.57. The molecule has 0 spiro atoms. The Morgan fingerprint density at radius 3 is 2.95 bits per heavy atom. The fourth-order valence-corrected chi connectivity index (χ4v) is 1.60. The molecule has 19 heavy (non-hydrogen) atoms. The van der Waals surface area contributed by atoms with Crippen molar-refractivity contribution in [1.82, 2.24) is 9.99 Å². The van der Waals surface area contributed by atoms with Crippen molar-refractivity contribution in [2.45, 2.75) is 0 Å². The second-order valence-electron chi connectivity index (χ2n) is 4.04. The third kappa shape index (κ3) is 3.45. The van der Waals surface area contributed by atoms with E-state index in [9.17, 15) is 4.79 Å².